The van der Waals surface area contributed by atoms with Gasteiger partial charge in [0.05, 0.1) is 0 Å². The maximum absolute atomic E-state index is 12.3. The van der Waals surface area contributed by atoms with E-state index in [4.69, 9.17) is 0 Å². The molecule has 0 bridgehead atoms. The molecule has 20 heavy (non-hydrogen) atoms. The quantitative estimate of drug-likeness (QED) is 0.910. The van der Waals surface area contributed by atoms with Crippen molar-refractivity contribution in [3.63, 3.8) is 0 Å². The number of anilines is 1. The molecule has 1 aliphatic heterocycles. The van der Waals surface area contributed by atoms with Gasteiger partial charge >= 0.3 is 0 Å². The summed E-state index contributed by atoms with van der Waals surface area (Å²) in [6.07, 6.45) is 8.11. The van der Waals surface area contributed by atoms with Crippen molar-refractivity contribution in [3.8, 4) is 0 Å². The first kappa shape index (κ1) is 13.6. The van der Waals surface area contributed by atoms with E-state index in [0.29, 0.717) is 11.9 Å². The Kier molecular flexibility index (Phi) is 3.54. The van der Waals surface area contributed by atoms with Gasteiger partial charge in [-0.2, -0.15) is 0 Å². The van der Waals surface area contributed by atoms with E-state index >= 15 is 0 Å². The van der Waals surface area contributed by atoms with E-state index in [2.05, 4.69) is 29.2 Å². The zero-order chi connectivity index (χ0) is 14.2. The Morgan fingerprint density at radius 1 is 1.40 bits per heavy atom. The van der Waals surface area contributed by atoms with Crippen LogP contribution in [0.3, 0.4) is 0 Å². The second-order valence-corrected chi connectivity index (χ2v) is 6.69. The minimum Gasteiger partial charge on any atom is -0.365 e. The van der Waals surface area contributed by atoms with Gasteiger partial charge in [-0.1, -0.05) is 6.92 Å². The molecule has 3 rings (SSSR count). The molecule has 1 saturated heterocycles. The Labute approximate surface area is 120 Å². The van der Waals surface area contributed by atoms with Crippen molar-refractivity contribution < 1.29 is 0 Å². The average molecular weight is 276 g/mol. The van der Waals surface area contributed by atoms with Crippen LogP contribution in [0.25, 0.3) is 0 Å². The SMILES string of the molecule is CN1CCC(C)(CNc2nccn(C3CC3)c2=O)CC1. The van der Waals surface area contributed by atoms with E-state index in [1.165, 1.54) is 12.8 Å². The van der Waals surface area contributed by atoms with Gasteiger partial charge in [0.25, 0.3) is 5.56 Å². The summed E-state index contributed by atoms with van der Waals surface area (Å²) in [5, 5.41) is 3.30. The van der Waals surface area contributed by atoms with E-state index in [1.807, 2.05) is 10.8 Å². The van der Waals surface area contributed by atoms with Gasteiger partial charge in [0.1, 0.15) is 0 Å². The summed E-state index contributed by atoms with van der Waals surface area (Å²) in [7, 11) is 2.17. The van der Waals surface area contributed by atoms with Crippen molar-refractivity contribution in [1.29, 1.82) is 0 Å². The third kappa shape index (κ3) is 2.87. The smallest absolute Gasteiger partial charge is 0.293 e. The van der Waals surface area contributed by atoms with Crippen LogP contribution in [0.5, 0.6) is 0 Å². The molecule has 2 fully saturated rings. The molecule has 0 aromatic carbocycles. The van der Waals surface area contributed by atoms with Crippen molar-refractivity contribution in [3.05, 3.63) is 22.7 Å². The lowest BCUT2D eigenvalue weighted by molar-refractivity contribution is 0.150. The lowest BCUT2D eigenvalue weighted by atomic mass is 9.80. The van der Waals surface area contributed by atoms with Crippen LogP contribution in [0.15, 0.2) is 17.2 Å². The molecular formula is C15H24N4O. The fourth-order valence-electron chi connectivity index (χ4n) is 2.82. The summed E-state index contributed by atoms with van der Waals surface area (Å²) >= 11 is 0. The Hall–Kier alpha value is -1.36. The highest BCUT2D eigenvalue weighted by Crippen LogP contribution is 2.33. The monoisotopic (exact) mass is 276 g/mol. The Morgan fingerprint density at radius 2 is 2.10 bits per heavy atom. The molecule has 1 saturated carbocycles. The van der Waals surface area contributed by atoms with Crippen LogP contribution in [0, 0.1) is 5.41 Å². The van der Waals surface area contributed by atoms with Gasteiger partial charge < -0.3 is 14.8 Å². The molecule has 0 unspecified atom stereocenters. The van der Waals surface area contributed by atoms with Crippen LogP contribution >= 0.6 is 0 Å². The molecule has 1 N–H and O–H groups in total. The predicted octanol–water partition coefficient (Wildman–Crippen LogP) is 1.72. The van der Waals surface area contributed by atoms with Gasteiger partial charge in [-0.15, -0.1) is 0 Å². The highest BCUT2D eigenvalue weighted by atomic mass is 16.1. The van der Waals surface area contributed by atoms with Crippen LogP contribution in [0.2, 0.25) is 0 Å². The van der Waals surface area contributed by atoms with Crippen LogP contribution < -0.4 is 10.9 Å². The Morgan fingerprint density at radius 3 is 2.75 bits per heavy atom. The number of likely N-dealkylation sites (tertiary alicyclic amines) is 1. The fraction of sp³-hybridized carbons (Fsp3) is 0.733. The second kappa shape index (κ2) is 5.20. The molecule has 0 spiro atoms. The lowest BCUT2D eigenvalue weighted by Gasteiger charge is -2.38. The van der Waals surface area contributed by atoms with Crippen molar-refractivity contribution in [2.24, 2.45) is 5.41 Å². The van der Waals surface area contributed by atoms with Gasteiger partial charge in [0.2, 0.25) is 0 Å². The highest BCUT2D eigenvalue weighted by molar-refractivity contribution is 5.31. The maximum atomic E-state index is 12.3. The van der Waals surface area contributed by atoms with Crippen molar-refractivity contribution >= 4 is 5.82 Å². The van der Waals surface area contributed by atoms with Gasteiger partial charge in [0, 0.05) is 25.0 Å². The van der Waals surface area contributed by atoms with Crippen molar-refractivity contribution in [1.82, 2.24) is 14.5 Å². The van der Waals surface area contributed by atoms with Gasteiger partial charge in [0.15, 0.2) is 5.82 Å². The van der Waals surface area contributed by atoms with Crippen LogP contribution in [-0.4, -0.2) is 41.1 Å². The molecule has 1 aliphatic carbocycles. The summed E-state index contributed by atoms with van der Waals surface area (Å²) in [5.41, 5.74) is 0.299. The van der Waals surface area contributed by atoms with E-state index in [0.717, 1.165) is 32.5 Å². The molecule has 1 aromatic rings. The van der Waals surface area contributed by atoms with E-state index < -0.39 is 0 Å². The van der Waals surface area contributed by atoms with Gasteiger partial charge in [-0.3, -0.25) is 4.79 Å². The molecule has 110 valence electrons. The van der Waals surface area contributed by atoms with E-state index in [-0.39, 0.29) is 11.0 Å². The number of nitrogens with zero attached hydrogens (tertiary/aromatic N) is 3. The molecule has 0 atom stereocenters. The molecule has 5 heteroatoms. The lowest BCUT2D eigenvalue weighted by Crippen LogP contribution is -2.40. The number of piperidine rings is 1. The topological polar surface area (TPSA) is 50.2 Å². The number of rotatable bonds is 4. The summed E-state index contributed by atoms with van der Waals surface area (Å²) in [4.78, 5) is 18.9. The highest BCUT2D eigenvalue weighted by Gasteiger charge is 2.29. The molecule has 2 heterocycles. The van der Waals surface area contributed by atoms with E-state index in [1.54, 1.807) is 6.20 Å². The van der Waals surface area contributed by atoms with Crippen LogP contribution in [0.4, 0.5) is 5.82 Å². The molecule has 0 radical (unpaired) electrons. The maximum Gasteiger partial charge on any atom is 0.293 e. The van der Waals surface area contributed by atoms with Crippen molar-refractivity contribution in [2.75, 3.05) is 32.0 Å². The normalized spacial score (nSPS) is 22.7. The first-order valence-corrected chi connectivity index (χ1v) is 7.57. The molecule has 5 nitrogen and oxygen atoms in total. The first-order valence-electron chi connectivity index (χ1n) is 7.57. The standard InChI is InChI=1S/C15H24N4O/c1-15(5-8-18(2)9-6-15)11-17-13-14(20)19(10-7-16-13)12-3-4-12/h7,10,12H,3-6,8-9,11H2,1-2H3,(H,16,17). The molecular weight excluding hydrogens is 252 g/mol. The summed E-state index contributed by atoms with van der Waals surface area (Å²) in [6, 6.07) is 0.407. The van der Waals surface area contributed by atoms with Gasteiger partial charge in [-0.25, -0.2) is 4.98 Å². The van der Waals surface area contributed by atoms with Gasteiger partial charge in [-0.05, 0) is 51.2 Å². The van der Waals surface area contributed by atoms with Crippen LogP contribution in [0.1, 0.15) is 38.6 Å². The summed E-state index contributed by atoms with van der Waals surface area (Å²) in [5.74, 6) is 0.513. The third-order valence-electron chi connectivity index (χ3n) is 4.69. The minimum absolute atomic E-state index is 0.0338. The molecule has 2 aliphatic rings. The van der Waals surface area contributed by atoms with Crippen LogP contribution in [-0.2, 0) is 0 Å². The van der Waals surface area contributed by atoms with E-state index in [9.17, 15) is 4.79 Å². The number of aromatic nitrogens is 2. The zero-order valence-electron chi connectivity index (χ0n) is 12.4. The summed E-state index contributed by atoms with van der Waals surface area (Å²) < 4.78 is 1.83. The summed E-state index contributed by atoms with van der Waals surface area (Å²) in [6.45, 7) is 5.40. The zero-order valence-corrected chi connectivity index (χ0v) is 12.4. The number of hydrogen-bond donors (Lipinski definition) is 1. The third-order valence-corrected chi connectivity index (χ3v) is 4.69. The largest absolute Gasteiger partial charge is 0.365 e. The second-order valence-electron chi connectivity index (χ2n) is 6.69. The van der Waals surface area contributed by atoms with Crippen molar-refractivity contribution in [2.45, 2.75) is 38.6 Å². The first-order chi connectivity index (χ1) is 9.57. The number of nitrogens with one attached hydrogen (secondary N) is 1. The predicted molar refractivity (Wildman–Crippen MR) is 80.1 cm³/mol. The molecule has 0 amide bonds. The fourth-order valence-corrected chi connectivity index (χ4v) is 2.82. The Bertz CT molecular complexity index is 527. The minimum atomic E-state index is 0.0338. The number of hydrogen-bond acceptors (Lipinski definition) is 4. The molecule has 1 aromatic heterocycles. The average Bonchev–Trinajstić information content (AvgIpc) is 3.26. The Balaban J connectivity index is 1.66.